The molecule has 0 aliphatic heterocycles. The van der Waals surface area contributed by atoms with Crippen molar-refractivity contribution in [2.24, 2.45) is 0 Å². The van der Waals surface area contributed by atoms with E-state index in [1.807, 2.05) is 0 Å². The smallest absolute Gasteiger partial charge is 0.305 e. The van der Waals surface area contributed by atoms with Gasteiger partial charge in [-0.1, -0.05) is 0 Å². The average Bonchev–Trinajstić information content (AvgIpc) is 2.64. The number of aryl methyl sites for hydroxylation is 2. The zero-order valence-electron chi connectivity index (χ0n) is 9.10. The molecule has 2 aromatic rings. The number of halogens is 1. The maximum absolute atomic E-state index is 13.3. The molecule has 0 N–H and O–H groups in total. The molecule has 0 amide bonds. The van der Waals surface area contributed by atoms with Crippen molar-refractivity contribution in [3.8, 4) is 11.5 Å². The summed E-state index contributed by atoms with van der Waals surface area (Å²) >= 11 is 0. The summed E-state index contributed by atoms with van der Waals surface area (Å²) in [5, 5.41) is 18.0. The molecule has 0 atom stereocenters. The van der Waals surface area contributed by atoms with E-state index in [0.29, 0.717) is 17.0 Å². The number of hydrogen-bond acceptors (Lipinski definition) is 5. The second-order valence-electron chi connectivity index (χ2n) is 3.50. The maximum atomic E-state index is 13.3. The van der Waals surface area contributed by atoms with Crippen LogP contribution in [0.2, 0.25) is 0 Å². The molecule has 0 unspecified atom stereocenters. The number of nitrogens with zero attached hydrogens (tertiary/aromatic N) is 3. The van der Waals surface area contributed by atoms with E-state index in [4.69, 9.17) is 4.42 Å². The van der Waals surface area contributed by atoms with Crippen molar-refractivity contribution >= 4 is 5.69 Å². The van der Waals surface area contributed by atoms with E-state index in [0.717, 1.165) is 12.1 Å². The summed E-state index contributed by atoms with van der Waals surface area (Å²) in [4.78, 5) is 9.83. The molecule has 0 radical (unpaired) electrons. The summed E-state index contributed by atoms with van der Waals surface area (Å²) in [5.74, 6) is -0.401. The van der Waals surface area contributed by atoms with E-state index >= 15 is 0 Å². The van der Waals surface area contributed by atoms with Gasteiger partial charge in [0, 0.05) is 18.6 Å². The Morgan fingerprint density at radius 2 is 2.06 bits per heavy atom. The van der Waals surface area contributed by atoms with E-state index in [-0.39, 0.29) is 5.89 Å². The molecule has 17 heavy (non-hydrogen) atoms. The molecular formula is C10H8FN3O3. The van der Waals surface area contributed by atoms with Crippen molar-refractivity contribution in [1.82, 2.24) is 10.2 Å². The Hall–Kier alpha value is -2.31. The molecular weight excluding hydrogens is 229 g/mol. The molecule has 1 aromatic heterocycles. The third kappa shape index (κ3) is 1.99. The lowest BCUT2D eigenvalue weighted by Gasteiger charge is -2.01. The van der Waals surface area contributed by atoms with E-state index < -0.39 is 16.4 Å². The number of benzene rings is 1. The van der Waals surface area contributed by atoms with E-state index in [1.54, 1.807) is 13.8 Å². The molecule has 0 spiro atoms. The van der Waals surface area contributed by atoms with Gasteiger partial charge in [-0.05, 0) is 18.6 Å². The van der Waals surface area contributed by atoms with Gasteiger partial charge in [-0.3, -0.25) is 10.1 Å². The highest BCUT2D eigenvalue weighted by atomic mass is 19.1. The fraction of sp³-hybridized carbons (Fsp3) is 0.200. The van der Waals surface area contributed by atoms with Crippen LogP contribution in [0.25, 0.3) is 11.5 Å². The van der Waals surface area contributed by atoms with Crippen molar-refractivity contribution < 1.29 is 13.7 Å². The van der Waals surface area contributed by atoms with E-state index in [1.165, 1.54) is 0 Å². The van der Waals surface area contributed by atoms with Crippen LogP contribution in [-0.2, 0) is 0 Å². The third-order valence-corrected chi connectivity index (χ3v) is 2.25. The van der Waals surface area contributed by atoms with Gasteiger partial charge in [0.05, 0.1) is 4.92 Å². The number of rotatable bonds is 2. The van der Waals surface area contributed by atoms with Crippen molar-refractivity contribution in [3.63, 3.8) is 0 Å². The number of aromatic nitrogens is 2. The van der Waals surface area contributed by atoms with Gasteiger partial charge in [0.1, 0.15) is 0 Å². The topological polar surface area (TPSA) is 82.1 Å². The van der Waals surface area contributed by atoms with Gasteiger partial charge in [-0.2, -0.15) is 4.39 Å². The SMILES string of the molecule is Cc1nnc(-c2cc([N+](=O)[O-])c(F)cc2C)o1. The highest BCUT2D eigenvalue weighted by molar-refractivity contribution is 5.62. The standard InChI is InChI=1S/C10H8FN3O3/c1-5-3-8(11)9(14(15)16)4-7(5)10-13-12-6(2)17-10/h3-4H,1-2H3. The minimum absolute atomic E-state index is 0.142. The fourth-order valence-electron chi connectivity index (χ4n) is 1.44. The summed E-state index contributed by atoms with van der Waals surface area (Å²) in [6, 6.07) is 2.17. The molecule has 0 saturated heterocycles. The molecule has 1 aromatic carbocycles. The van der Waals surface area contributed by atoms with Crippen LogP contribution in [0.3, 0.4) is 0 Å². The van der Waals surface area contributed by atoms with Gasteiger partial charge < -0.3 is 4.42 Å². The Balaban J connectivity index is 2.62. The largest absolute Gasteiger partial charge is 0.421 e. The first-order chi connectivity index (χ1) is 7.99. The lowest BCUT2D eigenvalue weighted by Crippen LogP contribution is -1.95. The average molecular weight is 237 g/mol. The number of hydrogen-bond donors (Lipinski definition) is 0. The molecule has 0 fully saturated rings. The Morgan fingerprint density at radius 3 is 2.59 bits per heavy atom. The van der Waals surface area contributed by atoms with Crippen LogP contribution in [0.5, 0.6) is 0 Å². The van der Waals surface area contributed by atoms with Crippen LogP contribution < -0.4 is 0 Å². The first-order valence-corrected chi connectivity index (χ1v) is 4.74. The summed E-state index contributed by atoms with van der Waals surface area (Å²) in [7, 11) is 0. The maximum Gasteiger partial charge on any atom is 0.305 e. The summed E-state index contributed by atoms with van der Waals surface area (Å²) < 4.78 is 18.5. The Kier molecular flexibility index (Phi) is 2.58. The Bertz CT molecular complexity index is 594. The molecule has 7 heteroatoms. The van der Waals surface area contributed by atoms with Gasteiger partial charge in [0.2, 0.25) is 17.6 Å². The molecule has 88 valence electrons. The lowest BCUT2D eigenvalue weighted by molar-refractivity contribution is -0.387. The number of nitro benzene ring substituents is 1. The Morgan fingerprint density at radius 1 is 1.35 bits per heavy atom. The monoisotopic (exact) mass is 237 g/mol. The van der Waals surface area contributed by atoms with Gasteiger partial charge >= 0.3 is 5.69 Å². The predicted molar refractivity (Wildman–Crippen MR) is 55.8 cm³/mol. The van der Waals surface area contributed by atoms with Crippen LogP contribution >= 0.6 is 0 Å². The molecule has 0 aliphatic rings. The van der Waals surface area contributed by atoms with Gasteiger partial charge in [0.25, 0.3) is 0 Å². The highest BCUT2D eigenvalue weighted by Crippen LogP contribution is 2.28. The first kappa shape index (κ1) is 11.2. The molecule has 6 nitrogen and oxygen atoms in total. The zero-order valence-corrected chi connectivity index (χ0v) is 9.10. The molecule has 0 saturated carbocycles. The minimum atomic E-state index is -0.882. The van der Waals surface area contributed by atoms with Crippen molar-refractivity contribution in [2.45, 2.75) is 13.8 Å². The first-order valence-electron chi connectivity index (χ1n) is 4.74. The molecule has 1 heterocycles. The Labute approximate surface area is 95.2 Å². The quantitative estimate of drug-likeness (QED) is 0.591. The summed E-state index contributed by atoms with van der Waals surface area (Å²) in [5.41, 5.74) is 0.247. The molecule has 0 bridgehead atoms. The van der Waals surface area contributed by atoms with E-state index in [2.05, 4.69) is 10.2 Å². The second kappa shape index (κ2) is 3.93. The zero-order chi connectivity index (χ0) is 12.6. The van der Waals surface area contributed by atoms with Crippen molar-refractivity contribution in [3.05, 3.63) is 39.5 Å². The molecule has 2 rings (SSSR count). The summed E-state index contributed by atoms with van der Waals surface area (Å²) in [6.07, 6.45) is 0. The van der Waals surface area contributed by atoms with Crippen LogP contribution in [-0.4, -0.2) is 15.1 Å². The van der Waals surface area contributed by atoms with E-state index in [9.17, 15) is 14.5 Å². The van der Waals surface area contributed by atoms with Crippen LogP contribution in [0.15, 0.2) is 16.5 Å². The molecule has 0 aliphatic carbocycles. The lowest BCUT2D eigenvalue weighted by atomic mass is 10.1. The second-order valence-corrected chi connectivity index (χ2v) is 3.50. The highest BCUT2D eigenvalue weighted by Gasteiger charge is 2.20. The fourth-order valence-corrected chi connectivity index (χ4v) is 1.44. The minimum Gasteiger partial charge on any atom is -0.421 e. The van der Waals surface area contributed by atoms with Gasteiger partial charge in [-0.15, -0.1) is 10.2 Å². The number of nitro groups is 1. The van der Waals surface area contributed by atoms with Crippen molar-refractivity contribution in [1.29, 1.82) is 0 Å². The summed E-state index contributed by atoms with van der Waals surface area (Å²) in [6.45, 7) is 3.21. The van der Waals surface area contributed by atoms with Gasteiger partial charge in [-0.25, -0.2) is 0 Å². The van der Waals surface area contributed by atoms with Crippen LogP contribution in [0.4, 0.5) is 10.1 Å². The predicted octanol–water partition coefficient (Wildman–Crippen LogP) is 2.40. The normalized spacial score (nSPS) is 10.5. The van der Waals surface area contributed by atoms with Crippen molar-refractivity contribution in [2.75, 3.05) is 0 Å². The van der Waals surface area contributed by atoms with Crippen LogP contribution in [0.1, 0.15) is 11.5 Å². The van der Waals surface area contributed by atoms with Gasteiger partial charge in [0.15, 0.2) is 0 Å². The van der Waals surface area contributed by atoms with Crippen LogP contribution in [0, 0.1) is 29.8 Å². The third-order valence-electron chi connectivity index (χ3n) is 2.25.